The zero-order valence-electron chi connectivity index (χ0n) is 18.4. The summed E-state index contributed by atoms with van der Waals surface area (Å²) in [6.45, 7) is 1.99. The smallest absolute Gasteiger partial charge is 0.373 e. The standard InChI is InChI=1S/C24H22F4N4O2.H2/c1-12-16(25)7-15-19(22-9-23(10-22,11-22)24(26,27)28)31-20(32-21(15)30-12)13-4-5-34-17(6-13)14-2-3-18(33)29-8-14;/h2-3,7-8,13,17H,4-6,9-11H2,1H3,(H,29,33);1H/t13-,17+,22?,23?;/m0./s1. The molecule has 0 spiro atoms. The fraction of sp³-hybridized carbons (Fsp3) is 0.500. The van der Waals surface area contributed by atoms with Crippen molar-refractivity contribution in [2.75, 3.05) is 6.61 Å². The van der Waals surface area contributed by atoms with Crippen LogP contribution < -0.4 is 5.56 Å². The summed E-state index contributed by atoms with van der Waals surface area (Å²) in [6, 6.07) is 4.46. The van der Waals surface area contributed by atoms with Gasteiger partial charge in [-0.25, -0.2) is 19.3 Å². The largest absolute Gasteiger partial charge is 0.394 e. The molecule has 3 aromatic heterocycles. The Bertz CT molecular complexity index is 1340. The van der Waals surface area contributed by atoms with Gasteiger partial charge in [-0.1, -0.05) is 0 Å². The quantitative estimate of drug-likeness (QED) is 0.537. The highest BCUT2D eigenvalue weighted by molar-refractivity contribution is 5.80. The van der Waals surface area contributed by atoms with Crippen molar-refractivity contribution in [1.29, 1.82) is 0 Å². The van der Waals surface area contributed by atoms with Crippen molar-refractivity contribution in [1.82, 2.24) is 19.9 Å². The Morgan fingerprint density at radius 1 is 1.18 bits per heavy atom. The van der Waals surface area contributed by atoms with Crippen molar-refractivity contribution in [3.63, 3.8) is 0 Å². The summed E-state index contributed by atoms with van der Waals surface area (Å²) in [5.41, 5.74) is -0.747. The zero-order chi connectivity index (χ0) is 23.9. The second kappa shape index (κ2) is 7.07. The number of halogens is 4. The van der Waals surface area contributed by atoms with E-state index in [9.17, 15) is 22.4 Å². The van der Waals surface area contributed by atoms with Gasteiger partial charge < -0.3 is 9.72 Å². The Morgan fingerprint density at radius 3 is 2.62 bits per heavy atom. The van der Waals surface area contributed by atoms with Crippen LogP contribution in [0.5, 0.6) is 0 Å². The summed E-state index contributed by atoms with van der Waals surface area (Å²) in [5.74, 6) is -0.124. The molecule has 7 rings (SSSR count). The lowest BCUT2D eigenvalue weighted by atomic mass is 9.33. The molecule has 0 radical (unpaired) electrons. The lowest BCUT2D eigenvalue weighted by Crippen LogP contribution is -2.70. The van der Waals surface area contributed by atoms with Crippen molar-refractivity contribution < 1.29 is 23.7 Å². The van der Waals surface area contributed by atoms with Crippen LogP contribution in [0.2, 0.25) is 0 Å². The summed E-state index contributed by atoms with van der Waals surface area (Å²) in [7, 11) is 0. The molecular formula is C24H24F4N4O2. The maximum absolute atomic E-state index is 14.4. The van der Waals surface area contributed by atoms with Crippen molar-refractivity contribution in [2.45, 2.75) is 62.6 Å². The van der Waals surface area contributed by atoms with Gasteiger partial charge in [0.2, 0.25) is 5.56 Å². The number of rotatable bonds is 3. The van der Waals surface area contributed by atoms with Crippen LogP contribution in [0, 0.1) is 18.2 Å². The van der Waals surface area contributed by atoms with Crippen LogP contribution in [-0.2, 0) is 10.2 Å². The molecule has 34 heavy (non-hydrogen) atoms. The molecule has 2 atom stereocenters. The first-order valence-electron chi connectivity index (χ1n) is 11.3. The number of hydrogen-bond acceptors (Lipinski definition) is 5. The van der Waals surface area contributed by atoms with Gasteiger partial charge >= 0.3 is 6.18 Å². The van der Waals surface area contributed by atoms with Crippen LogP contribution in [0.3, 0.4) is 0 Å². The highest BCUT2D eigenvalue weighted by atomic mass is 19.4. The van der Waals surface area contributed by atoms with E-state index in [1.807, 2.05) is 0 Å². The first kappa shape index (κ1) is 21.6. The molecule has 0 amide bonds. The number of ether oxygens (including phenoxy) is 1. The van der Waals surface area contributed by atoms with E-state index in [0.717, 1.165) is 5.56 Å². The molecule has 1 saturated heterocycles. The molecule has 4 fully saturated rings. The minimum atomic E-state index is -4.24. The molecule has 180 valence electrons. The molecule has 1 aliphatic heterocycles. The van der Waals surface area contributed by atoms with Crippen molar-refractivity contribution >= 4 is 11.0 Å². The van der Waals surface area contributed by atoms with Gasteiger partial charge in [-0.15, -0.1) is 0 Å². The number of aryl methyl sites for hydroxylation is 1. The Balaban J connectivity index is 0.00000253. The van der Waals surface area contributed by atoms with Gasteiger partial charge in [0.25, 0.3) is 0 Å². The maximum Gasteiger partial charge on any atom is 0.394 e. The second-order valence-electron chi connectivity index (χ2n) is 10.0. The van der Waals surface area contributed by atoms with Crippen LogP contribution in [0.15, 0.2) is 29.2 Å². The lowest BCUT2D eigenvalue weighted by Gasteiger charge is -2.70. The fourth-order valence-corrected chi connectivity index (χ4v) is 5.95. The van der Waals surface area contributed by atoms with Crippen LogP contribution in [0.1, 0.15) is 68.3 Å². The van der Waals surface area contributed by atoms with Crippen LogP contribution in [0.25, 0.3) is 11.0 Å². The van der Waals surface area contributed by atoms with Gasteiger partial charge in [0.1, 0.15) is 11.6 Å². The summed E-state index contributed by atoms with van der Waals surface area (Å²) in [4.78, 5) is 27.8. The third-order valence-corrected chi connectivity index (χ3v) is 7.80. The van der Waals surface area contributed by atoms with Gasteiger partial charge in [0.05, 0.1) is 22.9 Å². The average molecular weight is 476 g/mol. The normalized spacial score (nSPS) is 30.6. The van der Waals surface area contributed by atoms with Crippen molar-refractivity contribution in [3.05, 3.63) is 63.3 Å². The Morgan fingerprint density at radius 2 is 1.94 bits per heavy atom. The molecule has 0 aromatic carbocycles. The van der Waals surface area contributed by atoms with E-state index in [-0.39, 0.29) is 44.0 Å². The second-order valence-corrected chi connectivity index (χ2v) is 10.0. The number of alkyl halides is 3. The number of aromatic amines is 1. The Hall–Kier alpha value is -2.88. The molecule has 1 N–H and O–H groups in total. The van der Waals surface area contributed by atoms with Crippen molar-refractivity contribution in [2.24, 2.45) is 5.41 Å². The molecule has 2 bridgehead atoms. The summed E-state index contributed by atoms with van der Waals surface area (Å²) in [6.07, 6.45) is -1.79. The Labute approximate surface area is 193 Å². The highest BCUT2D eigenvalue weighted by Gasteiger charge is 2.79. The summed E-state index contributed by atoms with van der Waals surface area (Å²) >= 11 is 0. The predicted molar refractivity (Wildman–Crippen MR) is 116 cm³/mol. The summed E-state index contributed by atoms with van der Waals surface area (Å²) < 4.78 is 60.8. The molecule has 3 aliphatic carbocycles. The van der Waals surface area contributed by atoms with E-state index in [1.54, 1.807) is 12.3 Å². The number of hydrogen-bond donors (Lipinski definition) is 1. The number of nitrogens with one attached hydrogen (secondary N) is 1. The highest BCUT2D eigenvalue weighted by Crippen LogP contribution is 2.78. The SMILES string of the molecule is Cc1nc2nc([C@H]3CCO[C@@H](c4ccc(=O)[nH]c4)C3)nc(C34CC(C(F)(F)F)(C3)C4)c2cc1F.[HH]. The van der Waals surface area contributed by atoms with Gasteiger partial charge in [0.15, 0.2) is 5.65 Å². The average Bonchev–Trinajstić information content (AvgIpc) is 2.72. The molecule has 10 heteroatoms. The van der Waals surface area contributed by atoms with E-state index >= 15 is 0 Å². The third kappa shape index (κ3) is 3.10. The van der Waals surface area contributed by atoms with E-state index in [4.69, 9.17) is 9.72 Å². The van der Waals surface area contributed by atoms with Crippen LogP contribution in [0.4, 0.5) is 17.6 Å². The first-order valence-corrected chi connectivity index (χ1v) is 11.3. The lowest BCUT2D eigenvalue weighted by molar-refractivity contribution is -0.337. The van der Waals surface area contributed by atoms with Gasteiger partial charge in [-0.05, 0) is 56.7 Å². The molecular weight excluding hydrogens is 452 g/mol. The number of nitrogens with zero attached hydrogens (tertiary/aromatic N) is 3. The number of pyridine rings is 2. The van der Waals surface area contributed by atoms with Crippen LogP contribution in [-0.4, -0.2) is 32.7 Å². The zero-order valence-corrected chi connectivity index (χ0v) is 18.4. The molecule has 3 saturated carbocycles. The number of fused-ring (bicyclic) bond motifs is 1. The molecule has 3 aromatic rings. The Kier molecular flexibility index (Phi) is 4.50. The predicted octanol–water partition coefficient (Wildman–Crippen LogP) is 5.03. The minimum Gasteiger partial charge on any atom is -0.373 e. The van der Waals surface area contributed by atoms with E-state index in [2.05, 4.69) is 15.0 Å². The fourth-order valence-electron chi connectivity index (χ4n) is 5.95. The summed E-state index contributed by atoms with van der Waals surface area (Å²) in [5, 5.41) is 0.395. The first-order chi connectivity index (χ1) is 16.1. The molecule has 0 unspecified atom stereocenters. The van der Waals surface area contributed by atoms with E-state index in [1.165, 1.54) is 19.1 Å². The molecule has 4 heterocycles. The van der Waals surface area contributed by atoms with Gasteiger partial charge in [-0.2, -0.15) is 13.2 Å². The minimum absolute atomic E-state index is 0. The molecule has 6 nitrogen and oxygen atoms in total. The topological polar surface area (TPSA) is 80.8 Å². The van der Waals surface area contributed by atoms with E-state index < -0.39 is 22.8 Å². The maximum atomic E-state index is 14.4. The number of aromatic nitrogens is 4. The van der Waals surface area contributed by atoms with Crippen LogP contribution >= 0.6 is 0 Å². The monoisotopic (exact) mass is 476 g/mol. The third-order valence-electron chi connectivity index (χ3n) is 7.80. The van der Waals surface area contributed by atoms with E-state index in [0.29, 0.717) is 42.0 Å². The molecule has 4 aliphatic rings. The van der Waals surface area contributed by atoms with Gasteiger partial charge in [0, 0.05) is 37.0 Å². The van der Waals surface area contributed by atoms with Crippen molar-refractivity contribution in [3.8, 4) is 0 Å². The number of H-pyrrole nitrogens is 1. The van der Waals surface area contributed by atoms with Gasteiger partial charge in [-0.3, -0.25) is 4.79 Å².